The van der Waals surface area contributed by atoms with E-state index in [-0.39, 0.29) is 12.3 Å². The number of carbonyl (C=O) groups excluding carboxylic acids is 2. The first kappa shape index (κ1) is 12.3. The molecule has 0 amide bonds. The molecule has 0 aliphatic rings. The summed E-state index contributed by atoms with van der Waals surface area (Å²) in [4.78, 5) is 25.9. The van der Waals surface area contributed by atoms with Gasteiger partial charge in [-0.2, -0.15) is 0 Å². The fourth-order valence-corrected chi connectivity index (χ4v) is 1.89. The summed E-state index contributed by atoms with van der Waals surface area (Å²) < 4.78 is 18.3. The molecule has 0 radical (unpaired) electrons. The molecule has 2 rings (SSSR count). The first-order valence-electron chi connectivity index (χ1n) is 5.54. The second kappa shape index (κ2) is 4.60. The molecule has 0 unspecified atom stereocenters. The zero-order chi connectivity index (χ0) is 13.3. The Hall–Kier alpha value is -2.17. The maximum Gasteiger partial charge on any atom is 0.381 e. The number of aromatic amines is 1. The van der Waals surface area contributed by atoms with Crippen molar-refractivity contribution in [2.45, 2.75) is 13.8 Å². The molecule has 1 heterocycles. The number of hydrogen-bond donors (Lipinski definition) is 1. The number of benzene rings is 1. The van der Waals surface area contributed by atoms with Crippen LogP contribution in [-0.2, 0) is 9.53 Å². The van der Waals surface area contributed by atoms with Gasteiger partial charge in [0.1, 0.15) is 5.82 Å². The van der Waals surface area contributed by atoms with E-state index in [4.69, 9.17) is 0 Å². The van der Waals surface area contributed by atoms with Gasteiger partial charge in [-0.05, 0) is 31.5 Å². The Morgan fingerprint density at radius 2 is 2.11 bits per heavy atom. The van der Waals surface area contributed by atoms with Gasteiger partial charge in [0, 0.05) is 10.9 Å². The van der Waals surface area contributed by atoms with Crippen LogP contribution in [0.15, 0.2) is 18.2 Å². The lowest BCUT2D eigenvalue weighted by Crippen LogP contribution is -2.18. The predicted octanol–water partition coefficient (Wildman–Crippen LogP) is 2.36. The number of halogens is 1. The number of fused-ring (bicyclic) bond motifs is 1. The molecule has 18 heavy (non-hydrogen) atoms. The molecular weight excluding hydrogens is 237 g/mol. The minimum absolute atomic E-state index is 0.0774. The summed E-state index contributed by atoms with van der Waals surface area (Å²) in [7, 11) is 0. The Labute approximate surface area is 103 Å². The molecule has 94 valence electrons. The third-order valence-corrected chi connectivity index (χ3v) is 2.71. The van der Waals surface area contributed by atoms with Gasteiger partial charge in [0.2, 0.25) is 0 Å². The number of aryl methyl sites for hydroxylation is 1. The summed E-state index contributed by atoms with van der Waals surface area (Å²) in [6, 6.07) is 4.49. The van der Waals surface area contributed by atoms with Crippen molar-refractivity contribution in [2.75, 3.05) is 6.61 Å². The van der Waals surface area contributed by atoms with Gasteiger partial charge < -0.3 is 9.72 Å². The lowest BCUT2D eigenvalue weighted by molar-refractivity contribution is -0.137. The average molecular weight is 249 g/mol. The summed E-state index contributed by atoms with van der Waals surface area (Å²) in [6.45, 7) is 3.33. The van der Waals surface area contributed by atoms with E-state index in [9.17, 15) is 14.0 Å². The second-order valence-electron chi connectivity index (χ2n) is 3.84. The van der Waals surface area contributed by atoms with Crippen LogP contribution in [-0.4, -0.2) is 23.3 Å². The lowest BCUT2D eigenvalue weighted by atomic mass is 10.1. The minimum Gasteiger partial charge on any atom is -0.460 e. The Kier molecular flexibility index (Phi) is 3.14. The highest BCUT2D eigenvalue weighted by atomic mass is 19.1. The number of aromatic nitrogens is 1. The van der Waals surface area contributed by atoms with E-state index in [2.05, 4.69) is 9.72 Å². The topological polar surface area (TPSA) is 59.2 Å². The van der Waals surface area contributed by atoms with E-state index < -0.39 is 17.6 Å². The molecule has 0 aliphatic heterocycles. The molecule has 0 aliphatic carbocycles. The van der Waals surface area contributed by atoms with Crippen molar-refractivity contribution in [3.63, 3.8) is 0 Å². The molecule has 0 fully saturated rings. The van der Waals surface area contributed by atoms with Gasteiger partial charge in [0.25, 0.3) is 5.78 Å². The zero-order valence-electron chi connectivity index (χ0n) is 10.0. The quantitative estimate of drug-likeness (QED) is 0.516. The summed E-state index contributed by atoms with van der Waals surface area (Å²) in [5.74, 6) is -2.15. The smallest absolute Gasteiger partial charge is 0.381 e. The number of Topliss-reactive ketones (excluding diaryl/α,β-unsaturated/α-hetero) is 1. The number of esters is 1. The highest BCUT2D eigenvalue weighted by Gasteiger charge is 2.23. The number of ether oxygens (including phenoxy) is 1. The minimum atomic E-state index is -0.937. The van der Waals surface area contributed by atoms with Gasteiger partial charge in [-0.25, -0.2) is 9.18 Å². The molecule has 1 aromatic heterocycles. The normalized spacial score (nSPS) is 10.6. The maximum absolute atomic E-state index is 13.6. The van der Waals surface area contributed by atoms with Crippen molar-refractivity contribution in [1.29, 1.82) is 0 Å². The highest BCUT2D eigenvalue weighted by Crippen LogP contribution is 2.24. The highest BCUT2D eigenvalue weighted by molar-refractivity contribution is 6.41. The van der Waals surface area contributed by atoms with E-state index in [0.717, 1.165) is 0 Å². The number of rotatable bonds is 3. The Balaban J connectivity index is 2.53. The van der Waals surface area contributed by atoms with Gasteiger partial charge in [-0.3, -0.25) is 4.79 Å². The van der Waals surface area contributed by atoms with Crippen LogP contribution in [0.2, 0.25) is 0 Å². The van der Waals surface area contributed by atoms with Crippen molar-refractivity contribution in [1.82, 2.24) is 4.98 Å². The number of nitrogens with one attached hydrogen (secondary N) is 1. The van der Waals surface area contributed by atoms with Gasteiger partial charge in [0.05, 0.1) is 12.3 Å². The van der Waals surface area contributed by atoms with Crippen LogP contribution in [0.1, 0.15) is 23.0 Å². The molecule has 0 spiro atoms. The van der Waals surface area contributed by atoms with Crippen molar-refractivity contribution >= 4 is 22.7 Å². The third-order valence-electron chi connectivity index (χ3n) is 2.71. The first-order valence-corrected chi connectivity index (χ1v) is 5.54. The molecule has 2 aromatic rings. The Morgan fingerprint density at radius 1 is 1.39 bits per heavy atom. The molecule has 0 saturated carbocycles. The molecule has 1 N–H and O–H groups in total. The van der Waals surface area contributed by atoms with Crippen LogP contribution >= 0.6 is 0 Å². The fraction of sp³-hybridized carbons (Fsp3) is 0.231. The summed E-state index contributed by atoms with van der Waals surface area (Å²) in [5, 5.41) is 0.324. The van der Waals surface area contributed by atoms with E-state index in [1.807, 2.05) is 0 Å². The number of H-pyrrole nitrogens is 1. The van der Waals surface area contributed by atoms with Gasteiger partial charge in [0.15, 0.2) is 0 Å². The van der Waals surface area contributed by atoms with E-state index >= 15 is 0 Å². The molecule has 1 aromatic carbocycles. The molecule has 0 atom stereocenters. The van der Waals surface area contributed by atoms with Crippen molar-refractivity contribution in [3.05, 3.63) is 35.3 Å². The molecular formula is C13H12FNO3. The van der Waals surface area contributed by atoms with Crippen LogP contribution in [0, 0.1) is 12.7 Å². The number of hydrogen-bond acceptors (Lipinski definition) is 3. The summed E-state index contributed by atoms with van der Waals surface area (Å²) >= 11 is 0. The van der Waals surface area contributed by atoms with Crippen LogP contribution in [0.25, 0.3) is 10.9 Å². The number of ketones is 1. The predicted molar refractivity (Wildman–Crippen MR) is 64.0 cm³/mol. The lowest BCUT2D eigenvalue weighted by Gasteiger charge is -1.99. The van der Waals surface area contributed by atoms with E-state index in [1.54, 1.807) is 19.9 Å². The zero-order valence-corrected chi connectivity index (χ0v) is 10.0. The van der Waals surface area contributed by atoms with Crippen molar-refractivity contribution in [2.24, 2.45) is 0 Å². The van der Waals surface area contributed by atoms with Gasteiger partial charge >= 0.3 is 5.97 Å². The second-order valence-corrected chi connectivity index (χ2v) is 3.84. The maximum atomic E-state index is 13.6. The summed E-state index contributed by atoms with van der Waals surface area (Å²) in [6.07, 6.45) is 0. The molecule has 5 heteroatoms. The standard InChI is InChI=1S/C13H12FNO3/c1-3-18-13(17)12(16)11-7(2)10-8(14)5-4-6-9(10)15-11/h4-6,15H,3H2,1-2H3. The largest absolute Gasteiger partial charge is 0.460 e. The van der Waals surface area contributed by atoms with Crippen molar-refractivity contribution in [3.8, 4) is 0 Å². The van der Waals surface area contributed by atoms with Crippen LogP contribution in [0.4, 0.5) is 4.39 Å². The van der Waals surface area contributed by atoms with E-state index in [0.29, 0.717) is 16.5 Å². The molecule has 0 saturated heterocycles. The van der Waals surface area contributed by atoms with Crippen molar-refractivity contribution < 1.29 is 18.7 Å². The SMILES string of the molecule is CCOC(=O)C(=O)c1[nH]c2cccc(F)c2c1C. The average Bonchev–Trinajstić information content (AvgIpc) is 2.67. The number of carbonyl (C=O) groups is 2. The van der Waals surface area contributed by atoms with Crippen LogP contribution < -0.4 is 0 Å². The Bertz CT molecular complexity index is 630. The first-order chi connectivity index (χ1) is 8.56. The Morgan fingerprint density at radius 3 is 2.72 bits per heavy atom. The summed E-state index contributed by atoms with van der Waals surface area (Å²) in [5.41, 5.74) is 0.981. The van der Waals surface area contributed by atoms with Crippen LogP contribution in [0.5, 0.6) is 0 Å². The monoisotopic (exact) mass is 249 g/mol. The third kappa shape index (κ3) is 1.88. The molecule has 0 bridgehead atoms. The van der Waals surface area contributed by atoms with Gasteiger partial charge in [-0.1, -0.05) is 6.07 Å². The molecule has 4 nitrogen and oxygen atoms in total. The van der Waals surface area contributed by atoms with E-state index in [1.165, 1.54) is 12.1 Å². The van der Waals surface area contributed by atoms with Gasteiger partial charge in [-0.15, -0.1) is 0 Å². The fourth-order valence-electron chi connectivity index (χ4n) is 1.89. The van der Waals surface area contributed by atoms with Crippen LogP contribution in [0.3, 0.4) is 0 Å².